The van der Waals surface area contributed by atoms with Gasteiger partial charge >= 0.3 is 0 Å². The number of carbonyl (C=O) groups is 2. The zero-order valence-corrected chi connectivity index (χ0v) is 16.1. The molecule has 1 aromatic heterocycles. The Balaban J connectivity index is 2.04. The lowest BCUT2D eigenvalue weighted by molar-refractivity contribution is -0.122. The molecule has 0 spiro atoms. The SMILES string of the molecule is CCn1c(C)cc(/C=C2\C(=O)NC(=S)N(c3ccc(C)cc3)C2=O)c1C. The zero-order valence-electron chi connectivity index (χ0n) is 15.3. The van der Waals surface area contributed by atoms with Crippen molar-refractivity contribution in [2.24, 2.45) is 0 Å². The molecule has 1 aliphatic rings. The molecule has 2 aromatic rings. The summed E-state index contributed by atoms with van der Waals surface area (Å²) in [6.45, 7) is 8.86. The molecule has 134 valence electrons. The molecule has 0 atom stereocenters. The van der Waals surface area contributed by atoms with Crippen molar-refractivity contribution in [3.63, 3.8) is 0 Å². The number of aryl methyl sites for hydroxylation is 2. The van der Waals surface area contributed by atoms with E-state index in [1.165, 1.54) is 4.90 Å². The van der Waals surface area contributed by atoms with E-state index < -0.39 is 11.8 Å². The van der Waals surface area contributed by atoms with Crippen molar-refractivity contribution in [3.8, 4) is 0 Å². The van der Waals surface area contributed by atoms with E-state index in [-0.39, 0.29) is 10.7 Å². The first-order valence-electron chi connectivity index (χ1n) is 8.48. The quantitative estimate of drug-likeness (QED) is 0.515. The number of nitrogens with zero attached hydrogens (tertiary/aromatic N) is 2. The molecule has 3 rings (SSSR count). The number of rotatable bonds is 3. The summed E-state index contributed by atoms with van der Waals surface area (Å²) in [4.78, 5) is 26.8. The van der Waals surface area contributed by atoms with Gasteiger partial charge in [-0.1, -0.05) is 17.7 Å². The van der Waals surface area contributed by atoms with Crippen LogP contribution in [0.15, 0.2) is 35.9 Å². The summed E-state index contributed by atoms with van der Waals surface area (Å²) in [5.41, 5.74) is 4.76. The van der Waals surface area contributed by atoms with Gasteiger partial charge < -0.3 is 4.57 Å². The summed E-state index contributed by atoms with van der Waals surface area (Å²) >= 11 is 5.22. The summed E-state index contributed by atoms with van der Waals surface area (Å²) in [5.74, 6) is -0.881. The largest absolute Gasteiger partial charge is 0.349 e. The van der Waals surface area contributed by atoms with Gasteiger partial charge in [-0.25, -0.2) is 0 Å². The van der Waals surface area contributed by atoms with Gasteiger partial charge in [0, 0.05) is 17.9 Å². The molecule has 0 bridgehead atoms. The molecule has 0 unspecified atom stereocenters. The highest BCUT2D eigenvalue weighted by molar-refractivity contribution is 7.80. The van der Waals surface area contributed by atoms with Crippen LogP contribution in [-0.4, -0.2) is 21.5 Å². The lowest BCUT2D eigenvalue weighted by Crippen LogP contribution is -2.54. The standard InChI is InChI=1S/C20H21N3O2S/c1-5-22-13(3)10-15(14(22)4)11-17-18(24)21-20(26)23(19(17)25)16-8-6-12(2)7-9-16/h6-11H,5H2,1-4H3,(H,21,24,26)/b17-11+. The predicted molar refractivity (Wildman–Crippen MR) is 107 cm³/mol. The number of thiocarbonyl (C=S) groups is 1. The molecule has 1 N–H and O–H groups in total. The maximum atomic E-state index is 13.0. The van der Waals surface area contributed by atoms with Gasteiger partial charge in [0.15, 0.2) is 5.11 Å². The Labute approximate surface area is 158 Å². The van der Waals surface area contributed by atoms with Crippen LogP contribution in [0.1, 0.15) is 29.4 Å². The molecule has 5 nitrogen and oxygen atoms in total. The molecule has 1 fully saturated rings. The Morgan fingerprint density at radius 2 is 1.77 bits per heavy atom. The third-order valence-corrected chi connectivity index (χ3v) is 4.91. The van der Waals surface area contributed by atoms with E-state index in [4.69, 9.17) is 12.2 Å². The van der Waals surface area contributed by atoms with Gasteiger partial charge in [0.1, 0.15) is 5.57 Å². The fourth-order valence-electron chi connectivity index (χ4n) is 3.20. The Bertz CT molecular complexity index is 939. The number of nitrogens with one attached hydrogen (secondary N) is 1. The number of hydrogen-bond acceptors (Lipinski definition) is 3. The van der Waals surface area contributed by atoms with E-state index in [0.29, 0.717) is 5.69 Å². The number of hydrogen-bond donors (Lipinski definition) is 1. The summed E-state index contributed by atoms with van der Waals surface area (Å²) in [7, 11) is 0. The number of amides is 2. The highest BCUT2D eigenvalue weighted by atomic mass is 32.1. The molecule has 0 radical (unpaired) electrons. The highest BCUT2D eigenvalue weighted by Gasteiger charge is 2.34. The first kappa shape index (κ1) is 18.1. The summed E-state index contributed by atoms with van der Waals surface area (Å²) in [6.07, 6.45) is 1.65. The molecule has 26 heavy (non-hydrogen) atoms. The van der Waals surface area contributed by atoms with Crippen molar-refractivity contribution in [3.05, 3.63) is 58.4 Å². The Morgan fingerprint density at radius 3 is 2.35 bits per heavy atom. The molecular weight excluding hydrogens is 346 g/mol. The second kappa shape index (κ2) is 6.88. The molecule has 1 aromatic carbocycles. The van der Waals surface area contributed by atoms with Gasteiger partial charge in [-0.3, -0.25) is 19.8 Å². The summed E-state index contributed by atoms with van der Waals surface area (Å²) in [6, 6.07) is 9.42. The minimum absolute atomic E-state index is 0.0792. The van der Waals surface area contributed by atoms with Crippen LogP contribution in [0.5, 0.6) is 0 Å². The lowest BCUT2D eigenvalue weighted by Gasteiger charge is -2.29. The van der Waals surface area contributed by atoms with E-state index in [2.05, 4.69) is 16.8 Å². The lowest BCUT2D eigenvalue weighted by atomic mass is 10.1. The summed E-state index contributed by atoms with van der Waals surface area (Å²) in [5, 5.41) is 2.72. The van der Waals surface area contributed by atoms with Gasteiger partial charge in [-0.05, 0) is 69.8 Å². The van der Waals surface area contributed by atoms with Crippen LogP contribution in [0.2, 0.25) is 0 Å². The molecule has 0 saturated carbocycles. The van der Waals surface area contributed by atoms with Crippen molar-refractivity contribution in [1.82, 2.24) is 9.88 Å². The first-order chi connectivity index (χ1) is 12.3. The maximum Gasteiger partial charge on any atom is 0.270 e. The van der Waals surface area contributed by atoms with E-state index in [1.54, 1.807) is 6.08 Å². The minimum Gasteiger partial charge on any atom is -0.349 e. The van der Waals surface area contributed by atoms with E-state index in [0.717, 1.165) is 29.1 Å². The topological polar surface area (TPSA) is 54.3 Å². The Morgan fingerprint density at radius 1 is 1.12 bits per heavy atom. The van der Waals surface area contributed by atoms with E-state index in [1.807, 2.05) is 51.1 Å². The maximum absolute atomic E-state index is 13.0. The van der Waals surface area contributed by atoms with Crippen LogP contribution in [0.3, 0.4) is 0 Å². The predicted octanol–water partition coefficient (Wildman–Crippen LogP) is 3.26. The molecular formula is C20H21N3O2S. The molecule has 2 heterocycles. The molecule has 1 saturated heterocycles. The normalized spacial score (nSPS) is 16.4. The van der Waals surface area contributed by atoms with Gasteiger partial charge in [0.2, 0.25) is 0 Å². The first-order valence-corrected chi connectivity index (χ1v) is 8.89. The monoisotopic (exact) mass is 367 g/mol. The summed E-state index contributed by atoms with van der Waals surface area (Å²) < 4.78 is 2.14. The molecule has 0 aliphatic carbocycles. The van der Waals surface area contributed by atoms with Crippen LogP contribution in [0.25, 0.3) is 6.08 Å². The minimum atomic E-state index is -0.468. The Kier molecular flexibility index (Phi) is 4.78. The average Bonchev–Trinajstić information content (AvgIpc) is 2.86. The third-order valence-electron chi connectivity index (χ3n) is 4.62. The van der Waals surface area contributed by atoms with Crippen LogP contribution < -0.4 is 10.2 Å². The van der Waals surface area contributed by atoms with Crippen LogP contribution >= 0.6 is 12.2 Å². The van der Waals surface area contributed by atoms with Gasteiger partial charge in [-0.15, -0.1) is 0 Å². The fourth-order valence-corrected chi connectivity index (χ4v) is 3.48. The van der Waals surface area contributed by atoms with Gasteiger partial charge in [-0.2, -0.15) is 0 Å². The number of carbonyl (C=O) groups excluding carboxylic acids is 2. The zero-order chi connectivity index (χ0) is 19.0. The molecule has 6 heteroatoms. The van der Waals surface area contributed by atoms with Crippen molar-refractivity contribution >= 4 is 40.9 Å². The Hall–Kier alpha value is -2.73. The van der Waals surface area contributed by atoms with Crippen molar-refractivity contribution < 1.29 is 9.59 Å². The van der Waals surface area contributed by atoms with E-state index in [9.17, 15) is 9.59 Å². The van der Waals surface area contributed by atoms with Crippen molar-refractivity contribution in [2.45, 2.75) is 34.2 Å². The highest BCUT2D eigenvalue weighted by Crippen LogP contribution is 2.24. The molecule has 2 amide bonds. The number of anilines is 1. The van der Waals surface area contributed by atoms with Crippen molar-refractivity contribution in [2.75, 3.05) is 4.90 Å². The van der Waals surface area contributed by atoms with E-state index >= 15 is 0 Å². The second-order valence-electron chi connectivity index (χ2n) is 6.36. The molecule has 1 aliphatic heterocycles. The number of aromatic nitrogens is 1. The van der Waals surface area contributed by atoms with Crippen LogP contribution in [-0.2, 0) is 16.1 Å². The second-order valence-corrected chi connectivity index (χ2v) is 6.75. The average molecular weight is 367 g/mol. The van der Waals surface area contributed by atoms with Crippen LogP contribution in [0.4, 0.5) is 5.69 Å². The van der Waals surface area contributed by atoms with Crippen LogP contribution in [0, 0.1) is 20.8 Å². The number of benzene rings is 1. The van der Waals surface area contributed by atoms with Crippen molar-refractivity contribution in [1.29, 1.82) is 0 Å². The smallest absolute Gasteiger partial charge is 0.270 e. The fraction of sp³-hybridized carbons (Fsp3) is 0.250. The van der Waals surface area contributed by atoms with Gasteiger partial charge in [0.05, 0.1) is 5.69 Å². The van der Waals surface area contributed by atoms with Gasteiger partial charge in [0.25, 0.3) is 11.8 Å². The third kappa shape index (κ3) is 3.08.